The van der Waals surface area contributed by atoms with Gasteiger partial charge in [0, 0.05) is 12.5 Å². The second-order valence-corrected chi connectivity index (χ2v) is 3.06. The number of methoxy groups -OCH3 is 1. The predicted octanol–water partition coefficient (Wildman–Crippen LogP) is 0.234. The lowest BCUT2D eigenvalue weighted by Gasteiger charge is -2.14. The van der Waals surface area contributed by atoms with Crippen LogP contribution in [0.3, 0.4) is 0 Å². The van der Waals surface area contributed by atoms with Gasteiger partial charge >= 0.3 is 0 Å². The molecule has 0 fully saturated rings. The van der Waals surface area contributed by atoms with Gasteiger partial charge in [-0.15, -0.1) is 0 Å². The number of aliphatic hydroxyl groups excluding tert-OH is 1. The van der Waals surface area contributed by atoms with Crippen LogP contribution in [0.2, 0.25) is 0 Å². The number of hydrazine groups is 1. The molecule has 1 aromatic carbocycles. The van der Waals surface area contributed by atoms with Crippen molar-refractivity contribution in [2.24, 2.45) is 5.84 Å². The van der Waals surface area contributed by atoms with E-state index in [0.717, 1.165) is 11.3 Å². The highest BCUT2D eigenvalue weighted by Gasteiger charge is 2.09. The van der Waals surface area contributed by atoms with Gasteiger partial charge in [0.1, 0.15) is 5.75 Å². The number of nitrogens with one attached hydrogen (secondary N) is 1. The molecule has 0 aliphatic carbocycles. The fourth-order valence-electron chi connectivity index (χ4n) is 1.33. The molecule has 0 saturated carbocycles. The van der Waals surface area contributed by atoms with Crippen molar-refractivity contribution < 1.29 is 9.84 Å². The van der Waals surface area contributed by atoms with Gasteiger partial charge in [0.25, 0.3) is 0 Å². The van der Waals surface area contributed by atoms with E-state index in [0.29, 0.717) is 6.54 Å². The van der Waals surface area contributed by atoms with Crippen LogP contribution < -0.4 is 16.0 Å². The van der Waals surface area contributed by atoms with E-state index in [-0.39, 0.29) is 12.5 Å². The molecule has 1 rings (SSSR count). The van der Waals surface area contributed by atoms with E-state index < -0.39 is 0 Å². The Hall–Kier alpha value is -1.10. The molecule has 1 aromatic rings. The fourth-order valence-corrected chi connectivity index (χ4v) is 1.33. The Balaban J connectivity index is 2.80. The first-order valence-corrected chi connectivity index (χ1v) is 4.50. The molecular formula is C10H16N2O2. The summed E-state index contributed by atoms with van der Waals surface area (Å²) in [4.78, 5) is 0. The molecule has 0 amide bonds. The Bertz CT molecular complexity index is 279. The van der Waals surface area contributed by atoms with Gasteiger partial charge in [0.2, 0.25) is 0 Å². The summed E-state index contributed by atoms with van der Waals surface area (Å²) >= 11 is 0. The van der Waals surface area contributed by atoms with E-state index >= 15 is 0 Å². The normalized spacial score (nSPS) is 12.5. The van der Waals surface area contributed by atoms with Crippen molar-refractivity contribution in [3.8, 4) is 5.75 Å². The average molecular weight is 196 g/mol. The van der Waals surface area contributed by atoms with Crippen molar-refractivity contribution in [1.29, 1.82) is 0 Å². The second kappa shape index (κ2) is 5.59. The molecule has 0 spiro atoms. The van der Waals surface area contributed by atoms with Crippen LogP contribution in [-0.2, 0) is 0 Å². The zero-order valence-electron chi connectivity index (χ0n) is 8.23. The summed E-state index contributed by atoms with van der Waals surface area (Å²) < 4.78 is 5.09. The number of hydrogen-bond donors (Lipinski definition) is 3. The topological polar surface area (TPSA) is 67.5 Å². The summed E-state index contributed by atoms with van der Waals surface area (Å²) in [5.41, 5.74) is 3.57. The number of rotatable bonds is 5. The largest absolute Gasteiger partial charge is 0.497 e. The lowest BCUT2D eigenvalue weighted by atomic mass is 10.00. The number of benzene rings is 1. The molecule has 0 heterocycles. The first kappa shape index (κ1) is 11.0. The van der Waals surface area contributed by atoms with E-state index in [2.05, 4.69) is 5.43 Å². The predicted molar refractivity (Wildman–Crippen MR) is 55.0 cm³/mol. The van der Waals surface area contributed by atoms with Gasteiger partial charge in [0.05, 0.1) is 13.7 Å². The molecule has 0 aliphatic heterocycles. The van der Waals surface area contributed by atoms with Crippen LogP contribution in [0.15, 0.2) is 24.3 Å². The summed E-state index contributed by atoms with van der Waals surface area (Å²) in [5.74, 6) is 6.02. The molecule has 0 aromatic heterocycles. The maximum atomic E-state index is 9.14. The van der Waals surface area contributed by atoms with E-state index in [4.69, 9.17) is 15.7 Å². The zero-order chi connectivity index (χ0) is 10.4. The van der Waals surface area contributed by atoms with Crippen LogP contribution in [0.4, 0.5) is 0 Å². The number of hydrogen-bond acceptors (Lipinski definition) is 4. The third-order valence-electron chi connectivity index (χ3n) is 2.15. The highest BCUT2D eigenvalue weighted by atomic mass is 16.5. The lowest BCUT2D eigenvalue weighted by Crippen LogP contribution is -2.29. The standard InChI is InChI=1S/C10H16N2O2/c1-14-10-4-2-3-8(5-10)9(7-13)6-12-11/h2-5,9,12-13H,6-7,11H2,1H3. The quantitative estimate of drug-likeness (QED) is 0.466. The third-order valence-corrected chi connectivity index (χ3v) is 2.15. The molecule has 0 aliphatic rings. The van der Waals surface area contributed by atoms with Gasteiger partial charge < -0.3 is 9.84 Å². The highest BCUT2D eigenvalue weighted by molar-refractivity contribution is 5.31. The number of aliphatic hydroxyl groups is 1. The van der Waals surface area contributed by atoms with Gasteiger partial charge in [-0.2, -0.15) is 0 Å². The van der Waals surface area contributed by atoms with Gasteiger partial charge in [-0.05, 0) is 17.7 Å². The molecule has 0 saturated heterocycles. The van der Waals surface area contributed by atoms with Crippen LogP contribution >= 0.6 is 0 Å². The minimum atomic E-state index is 0.00935. The van der Waals surface area contributed by atoms with Crippen molar-refractivity contribution >= 4 is 0 Å². The molecule has 0 radical (unpaired) electrons. The summed E-state index contributed by atoms with van der Waals surface area (Å²) in [7, 11) is 1.62. The summed E-state index contributed by atoms with van der Waals surface area (Å²) in [6.07, 6.45) is 0. The molecule has 1 atom stereocenters. The highest BCUT2D eigenvalue weighted by Crippen LogP contribution is 2.19. The number of nitrogens with two attached hydrogens (primary N) is 1. The first-order valence-electron chi connectivity index (χ1n) is 4.50. The Morgan fingerprint density at radius 3 is 2.93 bits per heavy atom. The SMILES string of the molecule is COc1cccc(C(CO)CNN)c1. The molecule has 1 unspecified atom stereocenters. The molecule has 4 N–H and O–H groups in total. The van der Waals surface area contributed by atoms with Crippen molar-refractivity contribution in [3.05, 3.63) is 29.8 Å². The maximum absolute atomic E-state index is 9.14. The van der Waals surface area contributed by atoms with E-state index in [1.165, 1.54) is 0 Å². The van der Waals surface area contributed by atoms with Crippen LogP contribution in [-0.4, -0.2) is 25.4 Å². The summed E-state index contributed by atoms with van der Waals surface area (Å²) in [6, 6.07) is 7.61. The molecule has 4 nitrogen and oxygen atoms in total. The second-order valence-electron chi connectivity index (χ2n) is 3.06. The van der Waals surface area contributed by atoms with Crippen LogP contribution in [0.5, 0.6) is 5.75 Å². The van der Waals surface area contributed by atoms with Crippen molar-refractivity contribution in [3.63, 3.8) is 0 Å². The van der Waals surface area contributed by atoms with Crippen LogP contribution in [0, 0.1) is 0 Å². The Labute approximate surface area is 83.7 Å². The van der Waals surface area contributed by atoms with Gasteiger partial charge in [0.15, 0.2) is 0 Å². The maximum Gasteiger partial charge on any atom is 0.119 e. The van der Waals surface area contributed by atoms with E-state index in [1.54, 1.807) is 7.11 Å². The minimum Gasteiger partial charge on any atom is -0.497 e. The van der Waals surface area contributed by atoms with E-state index in [9.17, 15) is 0 Å². The zero-order valence-corrected chi connectivity index (χ0v) is 8.23. The Kier molecular flexibility index (Phi) is 4.39. The molecule has 78 valence electrons. The van der Waals surface area contributed by atoms with E-state index in [1.807, 2.05) is 24.3 Å². The summed E-state index contributed by atoms with van der Waals surface area (Å²) in [6.45, 7) is 0.612. The molecular weight excluding hydrogens is 180 g/mol. The average Bonchev–Trinajstić information content (AvgIpc) is 2.26. The van der Waals surface area contributed by atoms with Gasteiger partial charge in [-0.25, -0.2) is 0 Å². The van der Waals surface area contributed by atoms with Crippen molar-refractivity contribution in [2.45, 2.75) is 5.92 Å². The van der Waals surface area contributed by atoms with Crippen molar-refractivity contribution in [2.75, 3.05) is 20.3 Å². The van der Waals surface area contributed by atoms with Crippen LogP contribution in [0.25, 0.3) is 0 Å². The summed E-state index contributed by atoms with van der Waals surface area (Å²) in [5, 5.41) is 9.14. The Morgan fingerprint density at radius 1 is 1.57 bits per heavy atom. The van der Waals surface area contributed by atoms with Crippen LogP contribution in [0.1, 0.15) is 11.5 Å². The first-order chi connectivity index (χ1) is 6.81. The number of ether oxygens (including phenoxy) is 1. The van der Waals surface area contributed by atoms with Gasteiger partial charge in [-0.1, -0.05) is 12.1 Å². The monoisotopic (exact) mass is 196 g/mol. The molecule has 4 heteroatoms. The lowest BCUT2D eigenvalue weighted by molar-refractivity contribution is 0.261. The van der Waals surface area contributed by atoms with Crippen molar-refractivity contribution in [1.82, 2.24) is 5.43 Å². The third kappa shape index (κ3) is 2.70. The van der Waals surface area contributed by atoms with Gasteiger partial charge in [-0.3, -0.25) is 11.3 Å². The molecule has 0 bridgehead atoms. The smallest absolute Gasteiger partial charge is 0.119 e. The molecule has 14 heavy (non-hydrogen) atoms. The Morgan fingerprint density at radius 2 is 2.36 bits per heavy atom. The fraction of sp³-hybridized carbons (Fsp3) is 0.400. The minimum absolute atomic E-state index is 0.00935.